The maximum absolute atomic E-state index is 13.6. The van der Waals surface area contributed by atoms with E-state index < -0.39 is 39.9 Å². The number of carbonyl (C=O) groups is 3. The van der Waals surface area contributed by atoms with Crippen LogP contribution in [0.15, 0.2) is 52.0 Å². The van der Waals surface area contributed by atoms with Gasteiger partial charge in [-0.2, -0.15) is 4.31 Å². The van der Waals surface area contributed by atoms with Gasteiger partial charge in [0.2, 0.25) is 10.0 Å². The number of sulfonamides is 1. The van der Waals surface area contributed by atoms with Gasteiger partial charge >= 0.3 is 17.9 Å². The van der Waals surface area contributed by atoms with Gasteiger partial charge in [0.25, 0.3) is 0 Å². The zero-order chi connectivity index (χ0) is 25.0. The molecule has 1 saturated heterocycles. The molecule has 0 radical (unpaired) electrons. The molecule has 1 aliphatic carbocycles. The van der Waals surface area contributed by atoms with Crippen molar-refractivity contribution < 1.29 is 37.0 Å². The summed E-state index contributed by atoms with van der Waals surface area (Å²) in [5.41, 5.74) is 1.90. The molecule has 1 aliphatic heterocycles. The van der Waals surface area contributed by atoms with Crippen LogP contribution in [0.25, 0.3) is 0 Å². The van der Waals surface area contributed by atoms with Crippen molar-refractivity contribution in [2.75, 3.05) is 27.4 Å². The van der Waals surface area contributed by atoms with Crippen LogP contribution in [0, 0.1) is 12.8 Å². The van der Waals surface area contributed by atoms with Crippen molar-refractivity contribution in [2.24, 2.45) is 5.92 Å². The highest BCUT2D eigenvalue weighted by Gasteiger charge is 2.44. The van der Waals surface area contributed by atoms with Crippen LogP contribution in [0.3, 0.4) is 0 Å². The maximum Gasteiger partial charge on any atom is 0.334 e. The Labute approximate surface area is 199 Å². The predicted octanol–water partition coefficient (Wildman–Crippen LogP) is 2.30. The van der Waals surface area contributed by atoms with E-state index >= 15 is 0 Å². The van der Waals surface area contributed by atoms with E-state index in [0.717, 1.165) is 9.87 Å². The van der Waals surface area contributed by atoms with Crippen LogP contribution >= 0.6 is 0 Å². The highest BCUT2D eigenvalue weighted by molar-refractivity contribution is 7.89. The first-order valence-corrected chi connectivity index (χ1v) is 12.4. The number of esters is 3. The Balaban J connectivity index is 2.08. The summed E-state index contributed by atoms with van der Waals surface area (Å²) in [7, 11) is -1.61. The van der Waals surface area contributed by atoms with Gasteiger partial charge in [0, 0.05) is 12.5 Å². The number of fused-ring (bicyclic) bond motifs is 1. The number of aryl methyl sites for hydroxylation is 1. The summed E-state index contributed by atoms with van der Waals surface area (Å²) in [4.78, 5) is 38.0. The fraction of sp³-hybridized carbons (Fsp3) is 0.458. The number of hydrogen-bond acceptors (Lipinski definition) is 8. The van der Waals surface area contributed by atoms with Crippen molar-refractivity contribution in [2.45, 2.75) is 44.0 Å². The summed E-state index contributed by atoms with van der Waals surface area (Å²) < 4.78 is 43.3. The van der Waals surface area contributed by atoms with Gasteiger partial charge in [-0.3, -0.25) is 4.79 Å². The second-order valence-corrected chi connectivity index (χ2v) is 9.99. The number of benzene rings is 1. The normalized spacial score (nSPS) is 21.1. The van der Waals surface area contributed by atoms with Gasteiger partial charge in [-0.05, 0) is 45.2 Å². The third kappa shape index (κ3) is 4.92. The molecule has 0 spiro atoms. The van der Waals surface area contributed by atoms with Crippen molar-refractivity contribution in [3.63, 3.8) is 0 Å². The van der Waals surface area contributed by atoms with E-state index in [1.54, 1.807) is 25.1 Å². The van der Waals surface area contributed by atoms with Gasteiger partial charge in [-0.25, -0.2) is 18.0 Å². The first kappa shape index (κ1) is 25.6. The lowest BCUT2D eigenvalue weighted by atomic mass is 9.78. The predicted molar refractivity (Wildman–Crippen MR) is 122 cm³/mol. The van der Waals surface area contributed by atoms with E-state index in [1.807, 2.05) is 6.92 Å². The summed E-state index contributed by atoms with van der Waals surface area (Å²) in [5, 5.41) is 0. The molecule has 1 aromatic rings. The third-order valence-corrected chi connectivity index (χ3v) is 8.05. The molecule has 0 aromatic heterocycles. The minimum absolute atomic E-state index is 0.0313. The summed E-state index contributed by atoms with van der Waals surface area (Å²) in [6.07, 6.45) is 2.09. The highest BCUT2D eigenvalue weighted by atomic mass is 32.2. The Bertz CT molecular complexity index is 1130. The molecule has 9 nitrogen and oxygen atoms in total. The zero-order valence-electron chi connectivity index (χ0n) is 19.7. The molecule has 0 amide bonds. The van der Waals surface area contributed by atoms with Gasteiger partial charge in [0.1, 0.15) is 6.04 Å². The molecule has 1 aromatic carbocycles. The van der Waals surface area contributed by atoms with Crippen molar-refractivity contribution in [3.8, 4) is 0 Å². The molecule has 2 atom stereocenters. The van der Waals surface area contributed by atoms with Crippen molar-refractivity contribution in [1.82, 2.24) is 4.31 Å². The van der Waals surface area contributed by atoms with E-state index in [9.17, 15) is 22.8 Å². The first-order chi connectivity index (χ1) is 16.1. The van der Waals surface area contributed by atoms with Crippen LogP contribution in [0.4, 0.5) is 0 Å². The molecule has 184 valence electrons. The van der Waals surface area contributed by atoms with E-state index in [4.69, 9.17) is 14.2 Å². The largest absolute Gasteiger partial charge is 0.466 e. The fourth-order valence-electron chi connectivity index (χ4n) is 4.44. The lowest BCUT2D eigenvalue weighted by molar-refractivity contribution is -0.147. The van der Waals surface area contributed by atoms with Crippen molar-refractivity contribution in [3.05, 3.63) is 52.6 Å². The number of methoxy groups -OCH3 is 2. The van der Waals surface area contributed by atoms with Gasteiger partial charge in [0.05, 0.1) is 36.9 Å². The summed E-state index contributed by atoms with van der Waals surface area (Å²) in [5.74, 6) is -2.59. The maximum atomic E-state index is 13.6. The van der Waals surface area contributed by atoms with Crippen LogP contribution in [0.5, 0.6) is 0 Å². The summed E-state index contributed by atoms with van der Waals surface area (Å²) in [6, 6.07) is 5.26. The average Bonchev–Trinajstić information content (AvgIpc) is 3.03. The number of allylic oxidation sites excluding steroid dienone is 1. The average molecular weight is 492 g/mol. The Morgan fingerprint density at radius 3 is 2.29 bits per heavy atom. The number of rotatable bonds is 6. The Morgan fingerprint density at radius 2 is 1.71 bits per heavy atom. The topological polar surface area (TPSA) is 116 Å². The molecular formula is C24H29NO8S. The molecule has 2 aliphatic rings. The quantitative estimate of drug-likeness (QED) is 0.338. The van der Waals surface area contributed by atoms with Crippen LogP contribution in [-0.2, 0) is 38.6 Å². The molecule has 0 N–H and O–H groups in total. The summed E-state index contributed by atoms with van der Waals surface area (Å²) >= 11 is 0. The molecule has 10 heteroatoms. The fourth-order valence-corrected chi connectivity index (χ4v) is 6.03. The molecule has 0 bridgehead atoms. The molecular weight excluding hydrogens is 462 g/mol. The number of carbonyl (C=O) groups excluding carboxylic acids is 3. The van der Waals surface area contributed by atoms with E-state index in [0.29, 0.717) is 5.57 Å². The van der Waals surface area contributed by atoms with Gasteiger partial charge < -0.3 is 14.2 Å². The zero-order valence-corrected chi connectivity index (χ0v) is 20.5. The molecule has 0 saturated carbocycles. The minimum atomic E-state index is -4.05. The van der Waals surface area contributed by atoms with Crippen LogP contribution in [-0.4, -0.2) is 64.0 Å². The second kappa shape index (κ2) is 10.5. The molecule has 1 heterocycles. The van der Waals surface area contributed by atoms with Crippen LogP contribution in [0.2, 0.25) is 0 Å². The molecule has 2 unspecified atom stereocenters. The van der Waals surface area contributed by atoms with Crippen molar-refractivity contribution in [1.29, 1.82) is 0 Å². The van der Waals surface area contributed by atoms with E-state index in [1.165, 1.54) is 26.4 Å². The van der Waals surface area contributed by atoms with Crippen LogP contribution in [0.1, 0.15) is 31.7 Å². The van der Waals surface area contributed by atoms with E-state index in [2.05, 4.69) is 0 Å². The highest BCUT2D eigenvalue weighted by Crippen LogP contribution is 2.40. The number of hydrogen-bond donors (Lipinski definition) is 0. The van der Waals surface area contributed by atoms with E-state index in [-0.39, 0.29) is 48.5 Å². The minimum Gasteiger partial charge on any atom is -0.466 e. The smallest absolute Gasteiger partial charge is 0.334 e. The van der Waals surface area contributed by atoms with Gasteiger partial charge in [-0.1, -0.05) is 29.3 Å². The monoisotopic (exact) mass is 491 g/mol. The van der Waals surface area contributed by atoms with Crippen LogP contribution < -0.4 is 0 Å². The SMILES string of the molecule is CCOC(=O)C1CC2=CCC(C(=O)OC)=C(C(=O)OC)C2CCN1S(=O)(=O)c1ccc(C)cc1. The number of ether oxygens (including phenoxy) is 3. The molecule has 34 heavy (non-hydrogen) atoms. The van der Waals surface area contributed by atoms with Gasteiger partial charge in [-0.15, -0.1) is 0 Å². The third-order valence-electron chi connectivity index (χ3n) is 6.13. The number of nitrogens with zero attached hydrogens (tertiary/aromatic N) is 1. The molecule has 1 fully saturated rings. The first-order valence-electron chi connectivity index (χ1n) is 11.0. The Kier molecular flexibility index (Phi) is 7.93. The standard InChI is InChI=1S/C24H29NO8S/c1-5-33-23(27)20-14-16-8-11-19(22(26)31-3)21(24(28)32-4)18(16)12-13-25(20)34(29,30)17-9-6-15(2)7-10-17/h6-10,18,20H,5,11-14H2,1-4H3. The lowest BCUT2D eigenvalue weighted by Gasteiger charge is -2.28. The summed E-state index contributed by atoms with van der Waals surface area (Å²) in [6.45, 7) is 3.53. The Morgan fingerprint density at radius 1 is 1.06 bits per heavy atom. The van der Waals surface area contributed by atoms with Crippen molar-refractivity contribution >= 4 is 27.9 Å². The lowest BCUT2D eigenvalue weighted by Crippen LogP contribution is -2.45. The van der Waals surface area contributed by atoms with Gasteiger partial charge in [0.15, 0.2) is 0 Å². The molecule has 3 rings (SSSR count). The second-order valence-electron chi connectivity index (χ2n) is 8.10. The Hall–Kier alpha value is -2.98.